The van der Waals surface area contributed by atoms with Gasteiger partial charge in [0.1, 0.15) is 0 Å². The van der Waals surface area contributed by atoms with Crippen LogP contribution in [0.5, 0.6) is 0 Å². The summed E-state index contributed by atoms with van der Waals surface area (Å²) in [4.78, 5) is 11.6. The summed E-state index contributed by atoms with van der Waals surface area (Å²) in [5.74, 6) is 0. The van der Waals surface area contributed by atoms with E-state index in [2.05, 4.69) is 87.8 Å². The van der Waals surface area contributed by atoms with Crippen molar-refractivity contribution >= 4 is 43.8 Å². The van der Waals surface area contributed by atoms with Crippen molar-refractivity contribution in [2.75, 3.05) is 0 Å². The van der Waals surface area contributed by atoms with Crippen molar-refractivity contribution in [2.45, 2.75) is 52.4 Å². The van der Waals surface area contributed by atoms with Crippen molar-refractivity contribution < 1.29 is 4.79 Å². The standard InChI is InChI=1S/C23H25BrO/c1-22(2,3)15-11-18-17(20(24)12-15)9-8-16-14(13-25)7-10-19(21(16)18)23(4,5)6/h7-13H,1-6H3. The molecule has 0 fully saturated rings. The van der Waals surface area contributed by atoms with Gasteiger partial charge in [0.25, 0.3) is 0 Å². The zero-order chi connectivity index (χ0) is 18.6. The molecule has 0 N–H and O–H groups in total. The van der Waals surface area contributed by atoms with E-state index in [1.165, 1.54) is 27.3 Å². The van der Waals surface area contributed by atoms with Crippen LogP contribution in [0.3, 0.4) is 0 Å². The molecule has 0 aliphatic carbocycles. The van der Waals surface area contributed by atoms with Gasteiger partial charge in [-0.3, -0.25) is 4.79 Å². The molecule has 0 atom stereocenters. The van der Waals surface area contributed by atoms with Gasteiger partial charge in [0.15, 0.2) is 6.29 Å². The predicted molar refractivity (Wildman–Crippen MR) is 112 cm³/mol. The summed E-state index contributed by atoms with van der Waals surface area (Å²) in [5, 5.41) is 4.63. The molecule has 130 valence electrons. The first-order chi connectivity index (χ1) is 11.5. The van der Waals surface area contributed by atoms with E-state index < -0.39 is 0 Å². The van der Waals surface area contributed by atoms with Gasteiger partial charge in [-0.05, 0) is 55.6 Å². The van der Waals surface area contributed by atoms with Gasteiger partial charge in [-0.1, -0.05) is 81.7 Å². The van der Waals surface area contributed by atoms with Crippen LogP contribution in [0.1, 0.15) is 63.0 Å². The Morgan fingerprint density at radius 3 is 2.00 bits per heavy atom. The summed E-state index contributed by atoms with van der Waals surface area (Å²) in [6.07, 6.45) is 0.962. The Hall–Kier alpha value is -1.67. The van der Waals surface area contributed by atoms with Gasteiger partial charge in [-0.2, -0.15) is 0 Å². The van der Waals surface area contributed by atoms with Crippen molar-refractivity contribution in [3.63, 3.8) is 0 Å². The van der Waals surface area contributed by atoms with Crippen molar-refractivity contribution in [2.24, 2.45) is 0 Å². The first-order valence-corrected chi connectivity index (χ1v) is 9.48. The first kappa shape index (κ1) is 18.1. The average molecular weight is 397 g/mol. The average Bonchev–Trinajstić information content (AvgIpc) is 2.51. The highest BCUT2D eigenvalue weighted by atomic mass is 79.9. The summed E-state index contributed by atoms with van der Waals surface area (Å²) < 4.78 is 1.10. The molecule has 25 heavy (non-hydrogen) atoms. The fourth-order valence-electron chi connectivity index (χ4n) is 3.43. The Bertz CT molecular complexity index is 985. The van der Waals surface area contributed by atoms with E-state index in [4.69, 9.17) is 0 Å². The van der Waals surface area contributed by atoms with Crippen LogP contribution < -0.4 is 0 Å². The van der Waals surface area contributed by atoms with Crippen LogP contribution in [-0.2, 0) is 10.8 Å². The van der Waals surface area contributed by atoms with Gasteiger partial charge in [-0.25, -0.2) is 0 Å². The van der Waals surface area contributed by atoms with Crippen LogP contribution in [0, 0.1) is 0 Å². The molecule has 0 radical (unpaired) electrons. The molecule has 3 aromatic rings. The highest BCUT2D eigenvalue weighted by Gasteiger charge is 2.22. The topological polar surface area (TPSA) is 17.1 Å². The molecule has 2 heteroatoms. The monoisotopic (exact) mass is 396 g/mol. The number of benzene rings is 3. The van der Waals surface area contributed by atoms with E-state index in [0.29, 0.717) is 0 Å². The van der Waals surface area contributed by atoms with Crippen LogP contribution in [0.4, 0.5) is 0 Å². The summed E-state index contributed by atoms with van der Waals surface area (Å²) in [7, 11) is 0. The predicted octanol–water partition coefficient (Wildman–Crippen LogP) is 7.16. The number of carbonyl (C=O) groups excluding carboxylic acids is 1. The normalized spacial score (nSPS) is 12.8. The Morgan fingerprint density at radius 1 is 0.800 bits per heavy atom. The molecule has 0 spiro atoms. The minimum atomic E-state index is -0.00182. The molecular weight excluding hydrogens is 372 g/mol. The van der Waals surface area contributed by atoms with E-state index in [0.717, 1.165) is 21.7 Å². The van der Waals surface area contributed by atoms with Crippen LogP contribution in [-0.4, -0.2) is 6.29 Å². The molecule has 0 aliphatic heterocycles. The van der Waals surface area contributed by atoms with Crippen LogP contribution >= 0.6 is 15.9 Å². The number of carbonyl (C=O) groups is 1. The number of hydrogen-bond acceptors (Lipinski definition) is 1. The fourth-order valence-corrected chi connectivity index (χ4v) is 4.02. The summed E-state index contributed by atoms with van der Waals surface area (Å²) in [6.45, 7) is 13.4. The molecule has 0 aromatic heterocycles. The van der Waals surface area contributed by atoms with E-state index >= 15 is 0 Å². The second kappa shape index (κ2) is 5.95. The van der Waals surface area contributed by atoms with Crippen LogP contribution in [0.25, 0.3) is 21.5 Å². The molecule has 3 rings (SSSR count). The molecule has 3 aromatic carbocycles. The molecule has 0 amide bonds. The van der Waals surface area contributed by atoms with Gasteiger partial charge < -0.3 is 0 Å². The Kier molecular flexibility index (Phi) is 4.31. The first-order valence-electron chi connectivity index (χ1n) is 8.69. The molecule has 0 heterocycles. The zero-order valence-electron chi connectivity index (χ0n) is 15.8. The minimum absolute atomic E-state index is 0.00182. The quantitative estimate of drug-likeness (QED) is 0.314. The van der Waals surface area contributed by atoms with Gasteiger partial charge in [0, 0.05) is 10.0 Å². The SMILES string of the molecule is CC(C)(C)c1cc(Br)c2ccc3c(C=O)ccc(C(C)(C)C)c3c2c1. The third-order valence-electron chi connectivity index (χ3n) is 4.90. The smallest absolute Gasteiger partial charge is 0.150 e. The second-order valence-electron chi connectivity index (χ2n) is 8.86. The number of rotatable bonds is 1. The summed E-state index contributed by atoms with van der Waals surface area (Å²) in [5.41, 5.74) is 3.37. The molecule has 0 unspecified atom stereocenters. The van der Waals surface area contributed by atoms with E-state index in [1.54, 1.807) is 0 Å². The molecule has 0 saturated carbocycles. The molecule has 0 aliphatic rings. The molecule has 1 nitrogen and oxygen atoms in total. The zero-order valence-corrected chi connectivity index (χ0v) is 17.4. The van der Waals surface area contributed by atoms with Crippen molar-refractivity contribution in [1.82, 2.24) is 0 Å². The van der Waals surface area contributed by atoms with Gasteiger partial charge in [0.2, 0.25) is 0 Å². The Labute approximate surface area is 158 Å². The number of hydrogen-bond donors (Lipinski definition) is 0. The third kappa shape index (κ3) is 3.13. The lowest BCUT2D eigenvalue weighted by atomic mass is 9.80. The summed E-state index contributed by atoms with van der Waals surface area (Å²) >= 11 is 3.77. The van der Waals surface area contributed by atoms with Gasteiger partial charge >= 0.3 is 0 Å². The molecule has 0 saturated heterocycles. The van der Waals surface area contributed by atoms with E-state index in [-0.39, 0.29) is 10.8 Å². The van der Waals surface area contributed by atoms with Crippen molar-refractivity contribution in [3.05, 3.63) is 57.6 Å². The third-order valence-corrected chi connectivity index (χ3v) is 5.55. The lowest BCUT2D eigenvalue weighted by molar-refractivity contribution is 0.112. The fraction of sp³-hybridized carbons (Fsp3) is 0.348. The van der Waals surface area contributed by atoms with E-state index in [1.807, 2.05) is 6.07 Å². The minimum Gasteiger partial charge on any atom is -0.298 e. The van der Waals surface area contributed by atoms with Crippen LogP contribution in [0.2, 0.25) is 0 Å². The van der Waals surface area contributed by atoms with Gasteiger partial charge in [-0.15, -0.1) is 0 Å². The number of halogens is 1. The number of aldehydes is 1. The largest absolute Gasteiger partial charge is 0.298 e. The second-order valence-corrected chi connectivity index (χ2v) is 9.72. The Morgan fingerprint density at radius 2 is 1.44 bits per heavy atom. The van der Waals surface area contributed by atoms with Gasteiger partial charge in [0.05, 0.1) is 0 Å². The lowest BCUT2D eigenvalue weighted by Crippen LogP contribution is -2.13. The Balaban J connectivity index is 2.60. The highest BCUT2D eigenvalue weighted by Crippen LogP contribution is 2.40. The van der Waals surface area contributed by atoms with Crippen molar-refractivity contribution in [1.29, 1.82) is 0 Å². The van der Waals surface area contributed by atoms with Crippen LogP contribution in [0.15, 0.2) is 40.9 Å². The number of fused-ring (bicyclic) bond motifs is 3. The molecule has 0 bridgehead atoms. The maximum absolute atomic E-state index is 11.6. The highest BCUT2D eigenvalue weighted by molar-refractivity contribution is 9.10. The summed E-state index contributed by atoms with van der Waals surface area (Å²) in [6, 6.07) is 12.8. The van der Waals surface area contributed by atoms with E-state index in [9.17, 15) is 4.79 Å². The van der Waals surface area contributed by atoms with Crippen molar-refractivity contribution in [3.8, 4) is 0 Å². The maximum atomic E-state index is 11.6. The molecular formula is C23H25BrO. The maximum Gasteiger partial charge on any atom is 0.150 e. The lowest BCUT2D eigenvalue weighted by Gasteiger charge is -2.25.